The molecule has 2 saturated heterocycles. The summed E-state index contributed by atoms with van der Waals surface area (Å²) in [5.41, 5.74) is 3.85. The number of amides is 1. The fourth-order valence-electron chi connectivity index (χ4n) is 4.08. The Morgan fingerprint density at radius 2 is 2.04 bits per heavy atom. The number of hydrogen-bond donors (Lipinski definition) is 1. The van der Waals surface area contributed by atoms with E-state index in [0.717, 1.165) is 49.4 Å². The molecule has 0 bridgehead atoms. The number of benzene rings is 2. The van der Waals surface area contributed by atoms with Crippen LogP contribution < -0.4 is 15.0 Å². The summed E-state index contributed by atoms with van der Waals surface area (Å²) >= 11 is 0. The normalized spacial score (nSPS) is 19.1. The Bertz CT molecular complexity index is 1090. The minimum atomic E-state index is -0.149. The average molecular weight is 377 g/mol. The number of anilines is 2. The topological polar surface area (TPSA) is 76.8 Å². The lowest BCUT2D eigenvalue weighted by molar-refractivity contribution is -0.162. The van der Waals surface area contributed by atoms with E-state index in [1.165, 1.54) is 0 Å². The third-order valence-corrected chi connectivity index (χ3v) is 5.78. The Labute approximate surface area is 161 Å². The Hall–Kier alpha value is -3.06. The molecule has 7 nitrogen and oxygen atoms in total. The van der Waals surface area contributed by atoms with Crippen LogP contribution >= 0.6 is 0 Å². The maximum Gasteiger partial charge on any atom is 0.298 e. The molecular weight excluding hydrogens is 358 g/mol. The molecule has 1 N–H and O–H groups in total. The Morgan fingerprint density at radius 3 is 2.86 bits per heavy atom. The molecule has 3 aliphatic rings. The molecule has 0 unspecified atom stereocenters. The van der Waals surface area contributed by atoms with Gasteiger partial charge in [-0.25, -0.2) is 0 Å². The lowest BCUT2D eigenvalue weighted by atomic mass is 9.87. The van der Waals surface area contributed by atoms with Gasteiger partial charge in [-0.3, -0.25) is 4.79 Å². The summed E-state index contributed by atoms with van der Waals surface area (Å²) in [6, 6.07) is 11.7. The first-order chi connectivity index (χ1) is 13.7. The predicted octanol–water partition coefficient (Wildman–Crippen LogP) is 2.99. The second-order valence-corrected chi connectivity index (χ2v) is 7.69. The first kappa shape index (κ1) is 15.9. The van der Waals surface area contributed by atoms with Crippen molar-refractivity contribution in [2.24, 2.45) is 0 Å². The number of oxazole rings is 1. The Morgan fingerprint density at radius 1 is 1.14 bits per heavy atom. The van der Waals surface area contributed by atoms with Crippen molar-refractivity contribution in [3.63, 3.8) is 0 Å². The monoisotopic (exact) mass is 377 g/mol. The number of rotatable bonds is 3. The van der Waals surface area contributed by atoms with Crippen molar-refractivity contribution >= 4 is 28.7 Å². The number of carbonyl (C=O) groups excluding carboxylic acids is 1. The highest BCUT2D eigenvalue weighted by atomic mass is 16.5. The predicted molar refractivity (Wildman–Crippen MR) is 103 cm³/mol. The van der Waals surface area contributed by atoms with Gasteiger partial charge in [-0.15, -0.1) is 0 Å². The largest absolute Gasteiger partial charge is 0.493 e. The second-order valence-electron chi connectivity index (χ2n) is 7.69. The van der Waals surface area contributed by atoms with Crippen molar-refractivity contribution in [2.45, 2.75) is 18.4 Å². The van der Waals surface area contributed by atoms with Gasteiger partial charge in [-0.1, -0.05) is 0 Å². The smallest absolute Gasteiger partial charge is 0.298 e. The molecule has 28 heavy (non-hydrogen) atoms. The van der Waals surface area contributed by atoms with Crippen LogP contribution in [0.5, 0.6) is 5.75 Å². The molecule has 0 aliphatic carbocycles. The number of carbonyl (C=O) groups is 1. The van der Waals surface area contributed by atoms with E-state index in [0.29, 0.717) is 29.5 Å². The average Bonchev–Trinajstić information content (AvgIpc) is 3.24. The lowest BCUT2D eigenvalue weighted by Crippen LogP contribution is -2.68. The van der Waals surface area contributed by atoms with Gasteiger partial charge in [-0.05, 0) is 42.0 Å². The van der Waals surface area contributed by atoms with Crippen LogP contribution in [0.3, 0.4) is 0 Å². The zero-order valence-electron chi connectivity index (χ0n) is 15.2. The molecule has 0 atom stereocenters. The van der Waals surface area contributed by atoms with Crippen LogP contribution in [0.4, 0.5) is 11.7 Å². The van der Waals surface area contributed by atoms with Crippen LogP contribution in [0.25, 0.3) is 11.1 Å². The standard InChI is InChI=1S/C21H19N3O4/c25-19(14-1-3-17-13(9-14)5-7-26-17)22-15-2-4-18-16(10-15)23-20(28-18)24-11-21(12-24)6-8-27-21/h1-4,9-10H,5-8,11-12H2,(H,22,25). The first-order valence-electron chi connectivity index (χ1n) is 9.54. The number of fused-ring (bicyclic) bond motifs is 2. The summed E-state index contributed by atoms with van der Waals surface area (Å²) in [6.45, 7) is 3.18. The number of ether oxygens (including phenoxy) is 2. The molecule has 1 spiro atoms. The molecule has 4 heterocycles. The molecule has 142 valence electrons. The zero-order valence-corrected chi connectivity index (χ0v) is 15.2. The summed E-state index contributed by atoms with van der Waals surface area (Å²) in [5.74, 6) is 0.720. The van der Waals surface area contributed by atoms with E-state index in [1.807, 2.05) is 30.3 Å². The van der Waals surface area contributed by atoms with E-state index in [9.17, 15) is 4.79 Å². The minimum absolute atomic E-state index is 0.0285. The zero-order chi connectivity index (χ0) is 18.7. The van der Waals surface area contributed by atoms with Gasteiger partial charge < -0.3 is 24.1 Å². The molecular formula is C21H19N3O4. The summed E-state index contributed by atoms with van der Waals surface area (Å²) in [5, 5.41) is 2.94. The van der Waals surface area contributed by atoms with Crippen LogP contribution in [-0.2, 0) is 11.2 Å². The number of nitrogens with one attached hydrogen (secondary N) is 1. The van der Waals surface area contributed by atoms with Crippen molar-refractivity contribution in [1.82, 2.24) is 4.98 Å². The quantitative estimate of drug-likeness (QED) is 0.756. The minimum Gasteiger partial charge on any atom is -0.493 e. The van der Waals surface area contributed by atoms with Crippen LogP contribution in [0.2, 0.25) is 0 Å². The highest BCUT2D eigenvalue weighted by molar-refractivity contribution is 6.05. The summed E-state index contributed by atoms with van der Waals surface area (Å²) in [7, 11) is 0. The summed E-state index contributed by atoms with van der Waals surface area (Å²) < 4.78 is 17.0. The van der Waals surface area contributed by atoms with Gasteiger partial charge in [0.1, 0.15) is 16.9 Å². The van der Waals surface area contributed by atoms with E-state index in [-0.39, 0.29) is 11.5 Å². The molecule has 2 aromatic carbocycles. The summed E-state index contributed by atoms with van der Waals surface area (Å²) in [6.07, 6.45) is 1.95. The maximum absolute atomic E-state index is 12.6. The fourth-order valence-corrected chi connectivity index (χ4v) is 4.08. The lowest BCUT2D eigenvalue weighted by Gasteiger charge is -2.54. The fraction of sp³-hybridized carbons (Fsp3) is 0.333. The number of nitrogens with zero attached hydrogens (tertiary/aromatic N) is 2. The van der Waals surface area contributed by atoms with Crippen LogP contribution in [-0.4, -0.2) is 42.8 Å². The molecule has 1 aromatic heterocycles. The Kier molecular flexibility index (Phi) is 3.26. The molecule has 3 aromatic rings. The van der Waals surface area contributed by atoms with Crippen LogP contribution in [0.1, 0.15) is 22.3 Å². The van der Waals surface area contributed by atoms with E-state index in [2.05, 4.69) is 15.2 Å². The van der Waals surface area contributed by atoms with E-state index in [1.54, 1.807) is 6.07 Å². The van der Waals surface area contributed by atoms with Crippen LogP contribution in [0.15, 0.2) is 40.8 Å². The van der Waals surface area contributed by atoms with Crippen molar-refractivity contribution in [2.75, 3.05) is 36.5 Å². The van der Waals surface area contributed by atoms with Crippen molar-refractivity contribution in [1.29, 1.82) is 0 Å². The van der Waals surface area contributed by atoms with Gasteiger partial charge >= 0.3 is 0 Å². The molecule has 2 fully saturated rings. The third kappa shape index (κ3) is 2.46. The SMILES string of the molecule is O=C(Nc1ccc2oc(N3CC4(CCO4)C3)nc2c1)c1ccc2c(c1)CCO2. The van der Waals surface area contributed by atoms with Crippen molar-refractivity contribution in [3.05, 3.63) is 47.5 Å². The van der Waals surface area contributed by atoms with Gasteiger partial charge in [0.25, 0.3) is 11.9 Å². The molecule has 3 aliphatic heterocycles. The van der Waals surface area contributed by atoms with Gasteiger partial charge in [0.05, 0.1) is 26.3 Å². The van der Waals surface area contributed by atoms with Gasteiger partial charge in [0.15, 0.2) is 5.58 Å². The summed E-state index contributed by atoms with van der Waals surface area (Å²) in [4.78, 5) is 19.3. The molecule has 1 amide bonds. The maximum atomic E-state index is 12.6. The van der Waals surface area contributed by atoms with Gasteiger partial charge in [0.2, 0.25) is 0 Å². The van der Waals surface area contributed by atoms with E-state index < -0.39 is 0 Å². The second kappa shape index (κ2) is 5.72. The number of hydrogen-bond acceptors (Lipinski definition) is 6. The van der Waals surface area contributed by atoms with E-state index in [4.69, 9.17) is 13.9 Å². The van der Waals surface area contributed by atoms with Crippen molar-refractivity contribution in [3.8, 4) is 5.75 Å². The van der Waals surface area contributed by atoms with Crippen molar-refractivity contribution < 1.29 is 18.7 Å². The van der Waals surface area contributed by atoms with Crippen LogP contribution in [0, 0.1) is 0 Å². The first-order valence-corrected chi connectivity index (χ1v) is 9.54. The van der Waals surface area contributed by atoms with E-state index >= 15 is 0 Å². The molecule has 6 rings (SSSR count). The molecule has 0 saturated carbocycles. The third-order valence-electron chi connectivity index (χ3n) is 5.78. The number of aromatic nitrogens is 1. The molecule has 7 heteroatoms. The Balaban J connectivity index is 1.20. The van der Waals surface area contributed by atoms with Gasteiger partial charge in [0, 0.05) is 24.1 Å². The highest BCUT2D eigenvalue weighted by Crippen LogP contribution is 2.39. The molecule has 0 radical (unpaired) electrons. The highest BCUT2D eigenvalue weighted by Gasteiger charge is 2.50. The van der Waals surface area contributed by atoms with Gasteiger partial charge in [-0.2, -0.15) is 4.98 Å².